The third-order valence-corrected chi connectivity index (χ3v) is 7.27. The molecule has 2 aliphatic rings. The maximum atomic E-state index is 12.9. The van der Waals surface area contributed by atoms with Crippen molar-refractivity contribution in [3.05, 3.63) is 18.2 Å². The van der Waals surface area contributed by atoms with Crippen molar-refractivity contribution in [3.8, 4) is 0 Å². The molecule has 4 rings (SSSR count). The summed E-state index contributed by atoms with van der Waals surface area (Å²) in [6.07, 6.45) is 7.06. The first-order chi connectivity index (χ1) is 13.5. The van der Waals surface area contributed by atoms with E-state index in [2.05, 4.69) is 15.6 Å². The normalized spacial score (nSPS) is 19.1. The van der Waals surface area contributed by atoms with Gasteiger partial charge in [0.05, 0.1) is 4.90 Å². The summed E-state index contributed by atoms with van der Waals surface area (Å²) >= 11 is 0. The molecule has 1 amide bonds. The Kier molecular flexibility index (Phi) is 5.49. The number of carbonyl (C=O) groups is 1. The lowest BCUT2D eigenvalue weighted by atomic mass is 10.2. The summed E-state index contributed by atoms with van der Waals surface area (Å²) in [6.45, 7) is 0.878. The number of piperidine rings is 1. The summed E-state index contributed by atoms with van der Waals surface area (Å²) in [6, 6.07) is 4.87. The van der Waals surface area contributed by atoms with Crippen LogP contribution in [0.15, 0.2) is 23.1 Å². The van der Waals surface area contributed by atoms with Gasteiger partial charge in [0.2, 0.25) is 10.0 Å². The Bertz CT molecular complexity index is 946. The Hall–Kier alpha value is -2.20. The second-order valence-corrected chi connectivity index (χ2v) is 9.34. The Morgan fingerprint density at radius 3 is 2.64 bits per heavy atom. The van der Waals surface area contributed by atoms with E-state index in [4.69, 9.17) is 4.84 Å². The molecule has 2 fully saturated rings. The van der Waals surface area contributed by atoms with Crippen LogP contribution in [-0.2, 0) is 14.8 Å². The highest BCUT2D eigenvalue weighted by atomic mass is 32.2. The zero-order chi connectivity index (χ0) is 19.6. The van der Waals surface area contributed by atoms with Crippen molar-refractivity contribution >= 4 is 27.0 Å². The van der Waals surface area contributed by atoms with Crippen molar-refractivity contribution < 1.29 is 18.0 Å². The number of nitrogens with zero attached hydrogens (tertiary/aromatic N) is 4. The number of carbonyl (C=O) groups excluding carboxylic acids is 1. The Morgan fingerprint density at radius 1 is 1.14 bits per heavy atom. The minimum atomic E-state index is -3.57. The lowest BCUT2D eigenvalue weighted by molar-refractivity contribution is -0.127. The SMILES string of the molecule is O=C(COn1nnc2ccc(S(=O)(=O)N3CCCCC3)cc21)NC1CCCC1. The van der Waals surface area contributed by atoms with Crippen molar-refractivity contribution in [3.63, 3.8) is 0 Å². The smallest absolute Gasteiger partial charge is 0.260 e. The number of benzene rings is 1. The second-order valence-electron chi connectivity index (χ2n) is 7.40. The predicted molar refractivity (Wildman–Crippen MR) is 102 cm³/mol. The van der Waals surface area contributed by atoms with E-state index in [1.54, 1.807) is 6.07 Å². The van der Waals surface area contributed by atoms with Crippen LogP contribution in [0.25, 0.3) is 11.0 Å². The van der Waals surface area contributed by atoms with Gasteiger partial charge in [0.15, 0.2) is 6.61 Å². The molecular weight excluding hydrogens is 382 g/mol. The molecule has 1 aliphatic heterocycles. The Labute approximate surface area is 164 Å². The summed E-state index contributed by atoms with van der Waals surface area (Å²) in [5.41, 5.74) is 0.931. The quantitative estimate of drug-likeness (QED) is 0.768. The second kappa shape index (κ2) is 8.04. The molecule has 1 saturated heterocycles. The largest absolute Gasteiger partial charge is 0.385 e. The maximum Gasteiger partial charge on any atom is 0.260 e. The number of amides is 1. The molecular formula is C18H25N5O4S. The highest BCUT2D eigenvalue weighted by molar-refractivity contribution is 7.89. The molecule has 0 radical (unpaired) electrons. The summed E-state index contributed by atoms with van der Waals surface area (Å²) in [7, 11) is -3.57. The molecule has 1 saturated carbocycles. The van der Waals surface area contributed by atoms with E-state index in [0.29, 0.717) is 24.1 Å². The molecule has 10 heteroatoms. The van der Waals surface area contributed by atoms with Gasteiger partial charge in [0.1, 0.15) is 11.0 Å². The van der Waals surface area contributed by atoms with Gasteiger partial charge in [-0.2, -0.15) is 4.31 Å². The molecule has 0 spiro atoms. The van der Waals surface area contributed by atoms with Crippen molar-refractivity contribution in [2.45, 2.75) is 55.9 Å². The van der Waals surface area contributed by atoms with Gasteiger partial charge in [-0.25, -0.2) is 8.42 Å². The molecule has 0 atom stereocenters. The van der Waals surface area contributed by atoms with Gasteiger partial charge < -0.3 is 10.2 Å². The molecule has 2 heterocycles. The minimum absolute atomic E-state index is 0.185. The fraction of sp³-hybridized carbons (Fsp3) is 0.611. The van der Waals surface area contributed by atoms with Crippen LogP contribution in [0.3, 0.4) is 0 Å². The fourth-order valence-corrected chi connectivity index (χ4v) is 5.39. The van der Waals surface area contributed by atoms with Gasteiger partial charge in [0.25, 0.3) is 5.91 Å². The summed E-state index contributed by atoms with van der Waals surface area (Å²) in [5.74, 6) is -0.215. The molecule has 2 aromatic rings. The van der Waals surface area contributed by atoms with E-state index in [9.17, 15) is 13.2 Å². The fourth-order valence-electron chi connectivity index (χ4n) is 3.85. The van der Waals surface area contributed by atoms with Crippen molar-refractivity contribution in [1.82, 2.24) is 24.8 Å². The number of nitrogens with one attached hydrogen (secondary N) is 1. The zero-order valence-electron chi connectivity index (χ0n) is 15.7. The summed E-state index contributed by atoms with van der Waals surface area (Å²) in [5, 5.41) is 10.8. The van der Waals surface area contributed by atoms with Crippen LogP contribution >= 0.6 is 0 Å². The van der Waals surface area contributed by atoms with Crippen molar-refractivity contribution in [1.29, 1.82) is 0 Å². The third kappa shape index (κ3) is 3.97. The van der Waals surface area contributed by atoms with Crippen LogP contribution in [0, 0.1) is 0 Å². The van der Waals surface area contributed by atoms with Crippen molar-refractivity contribution in [2.75, 3.05) is 19.7 Å². The topological polar surface area (TPSA) is 106 Å². The summed E-state index contributed by atoms with van der Waals surface area (Å²) in [4.78, 5) is 18.8. The van der Waals surface area contributed by atoms with Crippen LogP contribution in [0.1, 0.15) is 44.9 Å². The lowest BCUT2D eigenvalue weighted by Gasteiger charge is -2.25. The van der Waals surface area contributed by atoms with Crippen molar-refractivity contribution in [2.24, 2.45) is 0 Å². The van der Waals surface area contributed by atoms with E-state index in [0.717, 1.165) is 49.8 Å². The highest BCUT2D eigenvalue weighted by Gasteiger charge is 2.27. The number of hydrogen-bond donors (Lipinski definition) is 1. The Morgan fingerprint density at radius 2 is 1.89 bits per heavy atom. The predicted octanol–water partition coefficient (Wildman–Crippen LogP) is 1.09. The van der Waals surface area contributed by atoms with Crippen LogP contribution in [0.2, 0.25) is 0 Å². The van der Waals surface area contributed by atoms with Crippen LogP contribution in [-0.4, -0.2) is 59.5 Å². The van der Waals surface area contributed by atoms with Gasteiger partial charge in [-0.05, 0) is 49.1 Å². The zero-order valence-corrected chi connectivity index (χ0v) is 16.5. The number of rotatable bonds is 6. The number of hydrogen-bond acceptors (Lipinski definition) is 6. The lowest BCUT2D eigenvalue weighted by Crippen LogP contribution is -2.37. The first-order valence-corrected chi connectivity index (χ1v) is 11.3. The van der Waals surface area contributed by atoms with E-state index >= 15 is 0 Å². The van der Waals surface area contributed by atoms with E-state index in [1.165, 1.54) is 16.4 Å². The average Bonchev–Trinajstić information content (AvgIpc) is 3.36. The summed E-state index contributed by atoms with van der Waals surface area (Å²) < 4.78 is 27.3. The van der Waals surface area contributed by atoms with E-state index < -0.39 is 10.0 Å². The first kappa shape index (κ1) is 19.1. The molecule has 9 nitrogen and oxygen atoms in total. The standard InChI is InChI=1S/C18H25N5O4S/c24-18(19-14-6-2-3-7-14)13-27-23-17-12-15(8-9-16(17)20-21-23)28(25,26)22-10-4-1-5-11-22/h8-9,12,14H,1-7,10-11,13H2,(H,19,24). The number of fused-ring (bicyclic) bond motifs is 1. The molecule has 1 aromatic heterocycles. The molecule has 152 valence electrons. The molecule has 1 aliphatic carbocycles. The van der Waals surface area contributed by atoms with E-state index in [-0.39, 0.29) is 23.5 Å². The van der Waals surface area contributed by atoms with Crippen LogP contribution in [0.4, 0.5) is 0 Å². The van der Waals surface area contributed by atoms with Gasteiger partial charge in [-0.1, -0.05) is 24.1 Å². The Balaban J connectivity index is 1.49. The average molecular weight is 407 g/mol. The molecule has 1 N–H and O–H groups in total. The monoisotopic (exact) mass is 407 g/mol. The van der Waals surface area contributed by atoms with Gasteiger partial charge >= 0.3 is 0 Å². The van der Waals surface area contributed by atoms with Crippen LogP contribution < -0.4 is 10.2 Å². The minimum Gasteiger partial charge on any atom is -0.385 e. The highest BCUT2D eigenvalue weighted by Crippen LogP contribution is 2.23. The van der Waals surface area contributed by atoms with Gasteiger partial charge in [-0.15, -0.1) is 5.10 Å². The molecule has 1 aromatic carbocycles. The molecule has 0 unspecified atom stereocenters. The van der Waals surface area contributed by atoms with E-state index in [1.807, 2.05) is 0 Å². The molecule has 0 bridgehead atoms. The first-order valence-electron chi connectivity index (χ1n) is 9.82. The molecule has 28 heavy (non-hydrogen) atoms. The number of sulfonamides is 1. The third-order valence-electron chi connectivity index (χ3n) is 5.38. The number of aromatic nitrogens is 3. The maximum absolute atomic E-state index is 12.9. The van der Waals surface area contributed by atoms with Gasteiger partial charge in [0, 0.05) is 19.1 Å². The van der Waals surface area contributed by atoms with Crippen LogP contribution in [0.5, 0.6) is 0 Å². The van der Waals surface area contributed by atoms with Gasteiger partial charge in [-0.3, -0.25) is 4.79 Å².